The minimum absolute atomic E-state index is 0.499. The molecule has 0 aliphatic heterocycles. The van der Waals surface area contributed by atoms with Gasteiger partial charge < -0.3 is 5.32 Å². The van der Waals surface area contributed by atoms with Gasteiger partial charge in [0.1, 0.15) is 11.0 Å². The first-order valence-electron chi connectivity index (χ1n) is 6.82. The molecule has 0 radical (unpaired) electrons. The SMILES string of the molecule is Clc1cccc(NCc2ccc(-c3ccccc3)cc2)n1. The molecule has 2 nitrogen and oxygen atoms in total. The quantitative estimate of drug-likeness (QED) is 0.684. The molecule has 0 saturated carbocycles. The van der Waals surface area contributed by atoms with Gasteiger partial charge >= 0.3 is 0 Å². The molecule has 3 heteroatoms. The van der Waals surface area contributed by atoms with Crippen LogP contribution in [0.25, 0.3) is 11.1 Å². The van der Waals surface area contributed by atoms with Crippen molar-refractivity contribution in [1.82, 2.24) is 4.98 Å². The number of halogens is 1. The van der Waals surface area contributed by atoms with Crippen LogP contribution in [-0.2, 0) is 6.54 Å². The lowest BCUT2D eigenvalue weighted by Crippen LogP contribution is -2.00. The number of pyridine rings is 1. The summed E-state index contributed by atoms with van der Waals surface area (Å²) >= 11 is 5.86. The van der Waals surface area contributed by atoms with Gasteiger partial charge in [0.05, 0.1) is 0 Å². The highest BCUT2D eigenvalue weighted by Crippen LogP contribution is 2.19. The van der Waals surface area contributed by atoms with E-state index in [-0.39, 0.29) is 0 Å². The number of hydrogen-bond donors (Lipinski definition) is 1. The van der Waals surface area contributed by atoms with Crippen molar-refractivity contribution in [3.63, 3.8) is 0 Å². The van der Waals surface area contributed by atoms with Crippen LogP contribution in [0, 0.1) is 0 Å². The minimum atomic E-state index is 0.499. The van der Waals surface area contributed by atoms with Gasteiger partial charge in [-0.25, -0.2) is 4.98 Å². The first-order chi connectivity index (χ1) is 10.3. The second-order valence-corrected chi connectivity index (χ2v) is 5.15. The van der Waals surface area contributed by atoms with Crippen LogP contribution in [0.5, 0.6) is 0 Å². The van der Waals surface area contributed by atoms with E-state index in [1.807, 2.05) is 18.2 Å². The molecule has 0 aliphatic carbocycles. The molecule has 0 saturated heterocycles. The van der Waals surface area contributed by atoms with Gasteiger partial charge in [-0.15, -0.1) is 0 Å². The molecule has 21 heavy (non-hydrogen) atoms. The average molecular weight is 295 g/mol. The van der Waals surface area contributed by atoms with Gasteiger partial charge in [-0.2, -0.15) is 0 Å². The molecule has 0 spiro atoms. The summed E-state index contributed by atoms with van der Waals surface area (Å²) in [6.45, 7) is 0.725. The molecule has 1 aromatic heterocycles. The highest BCUT2D eigenvalue weighted by molar-refractivity contribution is 6.29. The van der Waals surface area contributed by atoms with Crippen LogP contribution in [0.3, 0.4) is 0 Å². The lowest BCUT2D eigenvalue weighted by atomic mass is 10.0. The molecule has 0 aliphatic rings. The average Bonchev–Trinajstić information content (AvgIpc) is 2.54. The van der Waals surface area contributed by atoms with Gasteiger partial charge in [0, 0.05) is 6.54 Å². The lowest BCUT2D eigenvalue weighted by molar-refractivity contribution is 1.11. The molecule has 2 aromatic carbocycles. The third-order valence-corrected chi connectivity index (χ3v) is 3.46. The Morgan fingerprint density at radius 2 is 1.48 bits per heavy atom. The number of hydrogen-bond acceptors (Lipinski definition) is 2. The van der Waals surface area contributed by atoms with E-state index in [2.05, 4.69) is 58.8 Å². The van der Waals surface area contributed by atoms with E-state index < -0.39 is 0 Å². The molecule has 104 valence electrons. The van der Waals surface area contributed by atoms with Crippen LogP contribution in [-0.4, -0.2) is 4.98 Å². The monoisotopic (exact) mass is 294 g/mol. The Bertz CT molecular complexity index is 709. The van der Waals surface area contributed by atoms with Crippen molar-refractivity contribution in [3.05, 3.63) is 83.5 Å². The number of nitrogens with zero attached hydrogens (tertiary/aromatic N) is 1. The Morgan fingerprint density at radius 1 is 0.762 bits per heavy atom. The number of nitrogens with one attached hydrogen (secondary N) is 1. The molecule has 1 N–H and O–H groups in total. The third kappa shape index (κ3) is 3.61. The summed E-state index contributed by atoms with van der Waals surface area (Å²) in [6, 6.07) is 24.4. The van der Waals surface area contributed by atoms with Crippen molar-refractivity contribution in [2.45, 2.75) is 6.54 Å². The molecule has 0 atom stereocenters. The molecule has 3 aromatic rings. The summed E-state index contributed by atoms with van der Waals surface area (Å²) < 4.78 is 0. The largest absolute Gasteiger partial charge is 0.366 e. The Morgan fingerprint density at radius 3 is 2.19 bits per heavy atom. The van der Waals surface area contributed by atoms with Crippen LogP contribution in [0.1, 0.15) is 5.56 Å². The van der Waals surface area contributed by atoms with Crippen LogP contribution in [0.15, 0.2) is 72.8 Å². The van der Waals surface area contributed by atoms with Crippen molar-refractivity contribution >= 4 is 17.4 Å². The number of benzene rings is 2. The van der Waals surface area contributed by atoms with Gasteiger partial charge in [-0.3, -0.25) is 0 Å². The van der Waals surface area contributed by atoms with Crippen molar-refractivity contribution in [3.8, 4) is 11.1 Å². The molecule has 0 bridgehead atoms. The van der Waals surface area contributed by atoms with Gasteiger partial charge in [0.15, 0.2) is 0 Å². The maximum absolute atomic E-state index is 5.86. The summed E-state index contributed by atoms with van der Waals surface area (Å²) in [5, 5.41) is 3.76. The van der Waals surface area contributed by atoms with Crippen LogP contribution >= 0.6 is 11.6 Å². The second kappa shape index (κ2) is 6.42. The van der Waals surface area contributed by atoms with E-state index in [1.54, 1.807) is 6.07 Å². The molecule has 0 unspecified atom stereocenters. The first-order valence-corrected chi connectivity index (χ1v) is 7.20. The highest BCUT2D eigenvalue weighted by Gasteiger charge is 1.99. The standard InChI is InChI=1S/C18H15ClN2/c19-17-7-4-8-18(21-17)20-13-14-9-11-16(12-10-14)15-5-2-1-3-6-15/h1-12H,13H2,(H,20,21). The van der Waals surface area contributed by atoms with E-state index in [9.17, 15) is 0 Å². The van der Waals surface area contributed by atoms with Crippen molar-refractivity contribution < 1.29 is 0 Å². The number of anilines is 1. The lowest BCUT2D eigenvalue weighted by Gasteiger charge is -2.07. The second-order valence-electron chi connectivity index (χ2n) is 4.76. The minimum Gasteiger partial charge on any atom is -0.366 e. The molecule has 0 fully saturated rings. The Kier molecular flexibility index (Phi) is 4.17. The Hall–Kier alpha value is -2.32. The van der Waals surface area contributed by atoms with Crippen molar-refractivity contribution in [2.24, 2.45) is 0 Å². The maximum Gasteiger partial charge on any atom is 0.131 e. The predicted molar refractivity (Wildman–Crippen MR) is 88.5 cm³/mol. The number of aromatic nitrogens is 1. The predicted octanol–water partition coefficient (Wildman–Crippen LogP) is 5.01. The van der Waals surface area contributed by atoms with Crippen molar-refractivity contribution in [2.75, 3.05) is 5.32 Å². The van der Waals surface area contributed by atoms with Crippen molar-refractivity contribution in [1.29, 1.82) is 0 Å². The van der Waals surface area contributed by atoms with Crippen LogP contribution in [0.4, 0.5) is 5.82 Å². The highest BCUT2D eigenvalue weighted by atomic mass is 35.5. The summed E-state index contributed by atoms with van der Waals surface area (Å²) in [5.74, 6) is 0.787. The third-order valence-electron chi connectivity index (χ3n) is 3.25. The smallest absolute Gasteiger partial charge is 0.131 e. The van der Waals surface area contributed by atoms with E-state index >= 15 is 0 Å². The van der Waals surface area contributed by atoms with E-state index in [4.69, 9.17) is 11.6 Å². The number of rotatable bonds is 4. The topological polar surface area (TPSA) is 24.9 Å². The normalized spacial score (nSPS) is 10.3. The van der Waals surface area contributed by atoms with Crippen LogP contribution < -0.4 is 5.32 Å². The Balaban J connectivity index is 1.68. The first kappa shape index (κ1) is 13.7. The molecule has 1 heterocycles. The van der Waals surface area contributed by atoms with Gasteiger partial charge in [-0.1, -0.05) is 72.3 Å². The van der Waals surface area contributed by atoms with E-state index in [0.29, 0.717) is 5.15 Å². The zero-order valence-corrected chi connectivity index (χ0v) is 12.2. The fourth-order valence-electron chi connectivity index (χ4n) is 2.14. The molecule has 0 amide bonds. The summed E-state index contributed by atoms with van der Waals surface area (Å²) in [6.07, 6.45) is 0. The Labute approximate surface area is 129 Å². The fraction of sp³-hybridized carbons (Fsp3) is 0.0556. The maximum atomic E-state index is 5.86. The summed E-state index contributed by atoms with van der Waals surface area (Å²) in [7, 11) is 0. The zero-order valence-electron chi connectivity index (χ0n) is 11.5. The fourth-order valence-corrected chi connectivity index (χ4v) is 2.31. The van der Waals surface area contributed by atoms with Crippen LogP contribution in [0.2, 0.25) is 5.15 Å². The summed E-state index contributed by atoms with van der Waals surface area (Å²) in [5.41, 5.74) is 3.66. The van der Waals surface area contributed by atoms with Gasteiger partial charge in [0.25, 0.3) is 0 Å². The van der Waals surface area contributed by atoms with E-state index in [1.165, 1.54) is 16.7 Å². The summed E-state index contributed by atoms with van der Waals surface area (Å²) in [4.78, 5) is 4.21. The van der Waals surface area contributed by atoms with Gasteiger partial charge in [0.2, 0.25) is 0 Å². The molecular weight excluding hydrogens is 280 g/mol. The van der Waals surface area contributed by atoms with Gasteiger partial charge in [-0.05, 0) is 28.8 Å². The van der Waals surface area contributed by atoms with E-state index in [0.717, 1.165) is 12.4 Å². The zero-order chi connectivity index (χ0) is 14.5. The molecular formula is C18H15ClN2. The molecule has 3 rings (SSSR count).